The molecule has 0 fully saturated rings. The zero-order valence-corrected chi connectivity index (χ0v) is 9.95. The van der Waals surface area contributed by atoms with E-state index < -0.39 is 0 Å². The van der Waals surface area contributed by atoms with Crippen molar-refractivity contribution < 1.29 is 4.39 Å². The van der Waals surface area contributed by atoms with Gasteiger partial charge >= 0.3 is 0 Å². The molecule has 0 saturated carbocycles. The van der Waals surface area contributed by atoms with Crippen LogP contribution in [0.15, 0.2) is 29.2 Å². The van der Waals surface area contributed by atoms with E-state index in [0.717, 1.165) is 24.4 Å². The summed E-state index contributed by atoms with van der Waals surface area (Å²) < 4.78 is 11.9. The lowest BCUT2D eigenvalue weighted by molar-refractivity contribution is 0.533. The van der Waals surface area contributed by atoms with E-state index in [2.05, 4.69) is 36.5 Å². The summed E-state index contributed by atoms with van der Waals surface area (Å²) in [6.45, 7) is 3.87. The molecule has 0 bridgehead atoms. The molecule has 3 heteroatoms. The lowest BCUT2D eigenvalue weighted by Crippen LogP contribution is -2.13. The molecule has 1 aromatic carbocycles. The molecule has 0 amide bonds. The van der Waals surface area contributed by atoms with E-state index in [1.165, 1.54) is 5.56 Å². The third kappa shape index (κ3) is 5.19. The van der Waals surface area contributed by atoms with Crippen LogP contribution in [0.3, 0.4) is 0 Å². The number of benzene rings is 1. The molecule has 0 aromatic heterocycles. The van der Waals surface area contributed by atoms with Gasteiger partial charge in [-0.05, 0) is 30.7 Å². The van der Waals surface area contributed by atoms with Gasteiger partial charge in [-0.2, -0.15) is 0 Å². The van der Waals surface area contributed by atoms with E-state index in [0.29, 0.717) is 5.75 Å². The van der Waals surface area contributed by atoms with Gasteiger partial charge in [0.15, 0.2) is 0 Å². The molecule has 0 aliphatic carbocycles. The maximum atomic E-state index is 11.9. The predicted molar refractivity (Wildman–Crippen MR) is 65.1 cm³/mol. The molecule has 1 nitrogen and oxygen atoms in total. The van der Waals surface area contributed by atoms with Gasteiger partial charge in [-0.25, -0.2) is 0 Å². The maximum Gasteiger partial charge on any atom is 0.0988 e. The van der Waals surface area contributed by atoms with Gasteiger partial charge in [-0.15, -0.1) is 11.8 Å². The molecule has 0 spiro atoms. The normalized spacial score (nSPS) is 10.5. The maximum absolute atomic E-state index is 11.9. The Morgan fingerprint density at radius 3 is 2.60 bits per heavy atom. The first-order valence-corrected chi connectivity index (χ1v) is 6.33. The molecule has 1 aromatic rings. The monoisotopic (exact) mass is 227 g/mol. The molecule has 0 aliphatic rings. The van der Waals surface area contributed by atoms with Crippen molar-refractivity contribution in [1.29, 1.82) is 0 Å². The van der Waals surface area contributed by atoms with E-state index in [-0.39, 0.29) is 6.67 Å². The molecule has 0 atom stereocenters. The smallest absolute Gasteiger partial charge is 0.0988 e. The van der Waals surface area contributed by atoms with Gasteiger partial charge in [-0.3, -0.25) is 4.39 Å². The lowest BCUT2D eigenvalue weighted by atomic mass is 10.2. The zero-order chi connectivity index (χ0) is 10.9. The Hall–Kier alpha value is -0.540. The highest BCUT2D eigenvalue weighted by atomic mass is 32.2. The largest absolute Gasteiger partial charge is 0.313 e. The van der Waals surface area contributed by atoms with Crippen LogP contribution >= 0.6 is 11.8 Å². The molecular formula is C12H18FNS. The molecule has 84 valence electrons. The number of thioether (sulfide) groups is 1. The summed E-state index contributed by atoms with van der Waals surface area (Å²) in [5.41, 5.74) is 1.29. The molecule has 0 unspecified atom stereocenters. The molecule has 15 heavy (non-hydrogen) atoms. The van der Waals surface area contributed by atoms with Crippen molar-refractivity contribution in [3.63, 3.8) is 0 Å². The van der Waals surface area contributed by atoms with Crippen molar-refractivity contribution in [1.82, 2.24) is 5.32 Å². The molecule has 1 N–H and O–H groups in total. The fourth-order valence-electron chi connectivity index (χ4n) is 1.27. The summed E-state index contributed by atoms with van der Waals surface area (Å²) in [7, 11) is 0. The Bertz CT molecular complexity index is 261. The Morgan fingerprint density at radius 1 is 1.27 bits per heavy atom. The minimum atomic E-state index is -0.259. The molecule has 0 aliphatic heterocycles. The average molecular weight is 227 g/mol. The van der Waals surface area contributed by atoms with Gasteiger partial charge in [0, 0.05) is 17.2 Å². The van der Waals surface area contributed by atoms with Crippen LogP contribution in [0.2, 0.25) is 0 Å². The average Bonchev–Trinajstić information content (AvgIpc) is 2.28. The van der Waals surface area contributed by atoms with Crippen molar-refractivity contribution in [2.75, 3.05) is 19.0 Å². The van der Waals surface area contributed by atoms with Crippen LogP contribution in [0.4, 0.5) is 4.39 Å². The van der Waals surface area contributed by atoms with E-state index in [1.807, 2.05) is 0 Å². The molecular weight excluding hydrogens is 209 g/mol. The van der Waals surface area contributed by atoms with Gasteiger partial charge in [0.2, 0.25) is 0 Å². The molecule has 0 radical (unpaired) electrons. The van der Waals surface area contributed by atoms with E-state index in [1.54, 1.807) is 11.8 Å². The predicted octanol–water partition coefficient (Wildman–Crippen LogP) is 3.25. The fraction of sp³-hybridized carbons (Fsp3) is 0.500. The Kier molecular flexibility index (Phi) is 6.44. The first-order valence-electron chi connectivity index (χ1n) is 5.35. The minimum Gasteiger partial charge on any atom is -0.313 e. The van der Waals surface area contributed by atoms with E-state index in [9.17, 15) is 4.39 Å². The second-order valence-electron chi connectivity index (χ2n) is 3.36. The zero-order valence-electron chi connectivity index (χ0n) is 9.13. The number of hydrogen-bond donors (Lipinski definition) is 1. The summed E-state index contributed by atoms with van der Waals surface area (Å²) in [6, 6.07) is 8.32. The highest BCUT2D eigenvalue weighted by Crippen LogP contribution is 2.18. The van der Waals surface area contributed by atoms with Crippen molar-refractivity contribution in [3.05, 3.63) is 29.8 Å². The molecule has 0 heterocycles. The van der Waals surface area contributed by atoms with Gasteiger partial charge in [0.25, 0.3) is 0 Å². The van der Waals surface area contributed by atoms with Crippen LogP contribution in [-0.2, 0) is 6.54 Å². The first-order chi connectivity index (χ1) is 7.36. The molecule has 0 saturated heterocycles. The van der Waals surface area contributed by atoms with Gasteiger partial charge in [-0.1, -0.05) is 19.1 Å². The quantitative estimate of drug-likeness (QED) is 0.567. The van der Waals surface area contributed by atoms with Crippen LogP contribution in [0, 0.1) is 0 Å². The van der Waals surface area contributed by atoms with Crippen molar-refractivity contribution >= 4 is 11.8 Å². The minimum absolute atomic E-state index is 0.259. The SMILES string of the molecule is CCCNCc1ccc(SCCF)cc1. The number of halogens is 1. The Labute approximate surface area is 95.5 Å². The van der Waals surface area contributed by atoms with Crippen LogP contribution in [-0.4, -0.2) is 19.0 Å². The highest BCUT2D eigenvalue weighted by molar-refractivity contribution is 7.99. The molecule has 1 rings (SSSR count). The fourth-order valence-corrected chi connectivity index (χ4v) is 1.91. The standard InChI is InChI=1S/C12H18FNS/c1-2-8-14-10-11-3-5-12(6-4-11)15-9-7-13/h3-6,14H,2,7-10H2,1H3. The third-order valence-corrected chi connectivity index (χ3v) is 2.99. The topological polar surface area (TPSA) is 12.0 Å². The van der Waals surface area contributed by atoms with Crippen LogP contribution in [0.1, 0.15) is 18.9 Å². The summed E-state index contributed by atoms with van der Waals surface area (Å²) in [5, 5.41) is 3.35. The summed E-state index contributed by atoms with van der Waals surface area (Å²) in [6.07, 6.45) is 1.16. The van der Waals surface area contributed by atoms with Gasteiger partial charge < -0.3 is 5.32 Å². The summed E-state index contributed by atoms with van der Waals surface area (Å²) >= 11 is 1.56. The van der Waals surface area contributed by atoms with E-state index in [4.69, 9.17) is 0 Å². The second kappa shape index (κ2) is 7.71. The number of rotatable bonds is 7. The van der Waals surface area contributed by atoms with Crippen LogP contribution < -0.4 is 5.32 Å². The van der Waals surface area contributed by atoms with Crippen molar-refractivity contribution in [2.45, 2.75) is 24.8 Å². The number of nitrogens with one attached hydrogen (secondary N) is 1. The first kappa shape index (κ1) is 12.5. The number of hydrogen-bond acceptors (Lipinski definition) is 2. The van der Waals surface area contributed by atoms with Gasteiger partial charge in [0.05, 0.1) is 6.67 Å². The van der Waals surface area contributed by atoms with Crippen molar-refractivity contribution in [3.8, 4) is 0 Å². The highest BCUT2D eigenvalue weighted by Gasteiger charge is 1.95. The third-order valence-electron chi connectivity index (χ3n) is 2.03. The second-order valence-corrected chi connectivity index (χ2v) is 4.53. The lowest BCUT2D eigenvalue weighted by Gasteiger charge is -2.04. The van der Waals surface area contributed by atoms with Crippen LogP contribution in [0.5, 0.6) is 0 Å². The number of alkyl halides is 1. The van der Waals surface area contributed by atoms with Crippen LogP contribution in [0.25, 0.3) is 0 Å². The Morgan fingerprint density at radius 2 is 2.00 bits per heavy atom. The van der Waals surface area contributed by atoms with E-state index >= 15 is 0 Å². The van der Waals surface area contributed by atoms with Gasteiger partial charge in [0.1, 0.15) is 0 Å². The van der Waals surface area contributed by atoms with Crippen molar-refractivity contribution in [2.24, 2.45) is 0 Å². The summed E-state index contributed by atoms with van der Waals surface area (Å²) in [4.78, 5) is 1.15. The Balaban J connectivity index is 2.35. The summed E-state index contributed by atoms with van der Waals surface area (Å²) in [5.74, 6) is 0.549.